The van der Waals surface area contributed by atoms with Crippen molar-refractivity contribution in [3.8, 4) is 0 Å². The smallest absolute Gasteiger partial charge is 0.123 e. The first-order valence-corrected chi connectivity index (χ1v) is 4.77. The lowest BCUT2D eigenvalue weighted by Gasteiger charge is -2.10. The van der Waals surface area contributed by atoms with Crippen molar-refractivity contribution in [2.45, 2.75) is 20.3 Å². The number of nitrogens with zero attached hydrogens (tertiary/aromatic N) is 1. The molecule has 0 atom stereocenters. The molecule has 0 unspecified atom stereocenters. The molecule has 13 heavy (non-hydrogen) atoms. The Bertz CT molecular complexity index is 283. The largest absolute Gasteiger partial charge is 0.374 e. The van der Waals surface area contributed by atoms with Gasteiger partial charge in [-0.25, -0.2) is 4.39 Å². The molecular weight excluding hydrogens is 165 g/mol. The average molecular weight is 181 g/mol. The van der Waals surface area contributed by atoms with Gasteiger partial charge in [0.2, 0.25) is 0 Å². The van der Waals surface area contributed by atoms with E-state index >= 15 is 0 Å². The molecule has 0 spiro atoms. The first kappa shape index (κ1) is 10.0. The molecule has 0 aromatic heterocycles. The molecule has 72 valence electrons. The number of fused-ring (bicyclic) bond motifs is 1. The normalized spacial score (nSPS) is 13.4. The summed E-state index contributed by atoms with van der Waals surface area (Å²) in [7, 11) is 2.03. The van der Waals surface area contributed by atoms with Crippen LogP contribution in [0.5, 0.6) is 0 Å². The number of likely N-dealkylation sites (N-methyl/N-ethyl adjacent to an activating group) is 1. The average Bonchev–Trinajstić information content (AvgIpc) is 2.51. The van der Waals surface area contributed by atoms with Crippen molar-refractivity contribution in [3.05, 3.63) is 29.6 Å². The highest BCUT2D eigenvalue weighted by atomic mass is 19.1. The van der Waals surface area contributed by atoms with Crippen molar-refractivity contribution in [3.63, 3.8) is 0 Å². The third kappa shape index (κ3) is 2.00. The van der Waals surface area contributed by atoms with Gasteiger partial charge >= 0.3 is 0 Å². The van der Waals surface area contributed by atoms with Gasteiger partial charge in [0.05, 0.1) is 0 Å². The molecule has 0 saturated carbocycles. The Labute approximate surface area is 79.2 Å². The van der Waals surface area contributed by atoms with E-state index in [4.69, 9.17) is 0 Å². The Morgan fingerprint density at radius 3 is 2.69 bits per heavy atom. The molecule has 1 aromatic carbocycles. The van der Waals surface area contributed by atoms with E-state index in [9.17, 15) is 4.39 Å². The second kappa shape index (κ2) is 4.26. The van der Waals surface area contributed by atoms with Crippen LogP contribution >= 0.6 is 0 Å². The van der Waals surface area contributed by atoms with Crippen LogP contribution in [0.3, 0.4) is 0 Å². The second-order valence-electron chi connectivity index (χ2n) is 2.94. The minimum Gasteiger partial charge on any atom is -0.374 e. The summed E-state index contributed by atoms with van der Waals surface area (Å²) in [6, 6.07) is 4.98. The third-order valence-corrected chi connectivity index (χ3v) is 2.17. The van der Waals surface area contributed by atoms with Crippen molar-refractivity contribution >= 4 is 5.69 Å². The first-order chi connectivity index (χ1) is 6.27. The van der Waals surface area contributed by atoms with Crippen LogP contribution in [0.25, 0.3) is 0 Å². The van der Waals surface area contributed by atoms with E-state index in [2.05, 4.69) is 4.90 Å². The third-order valence-electron chi connectivity index (χ3n) is 2.17. The van der Waals surface area contributed by atoms with E-state index in [-0.39, 0.29) is 5.82 Å². The highest BCUT2D eigenvalue weighted by Crippen LogP contribution is 2.26. The number of rotatable bonds is 0. The SMILES string of the molecule is CC.CN1CCc2cc(F)ccc21. The standard InChI is InChI=1S/C9H10FN.C2H6/c1-11-5-4-7-6-8(10)2-3-9(7)11;1-2/h2-3,6H,4-5H2,1H3;1-2H3. The zero-order valence-electron chi connectivity index (χ0n) is 8.47. The highest BCUT2D eigenvalue weighted by molar-refractivity contribution is 5.57. The van der Waals surface area contributed by atoms with E-state index in [0.29, 0.717) is 0 Å². The lowest BCUT2D eigenvalue weighted by molar-refractivity contribution is 0.626. The van der Waals surface area contributed by atoms with Gasteiger partial charge in [-0.05, 0) is 30.2 Å². The number of hydrogen-bond acceptors (Lipinski definition) is 1. The Hall–Kier alpha value is -1.05. The van der Waals surface area contributed by atoms with Gasteiger partial charge in [-0.2, -0.15) is 0 Å². The van der Waals surface area contributed by atoms with Crippen molar-refractivity contribution in [1.82, 2.24) is 0 Å². The Balaban J connectivity index is 0.000000396. The van der Waals surface area contributed by atoms with Crippen LogP contribution in [0, 0.1) is 5.82 Å². The Kier molecular flexibility index (Phi) is 3.29. The molecular formula is C11H16FN. The molecule has 0 fully saturated rings. The number of anilines is 1. The molecule has 2 heteroatoms. The van der Waals surface area contributed by atoms with Gasteiger partial charge in [0.25, 0.3) is 0 Å². The van der Waals surface area contributed by atoms with Crippen LogP contribution in [-0.2, 0) is 6.42 Å². The number of halogens is 1. The summed E-state index contributed by atoms with van der Waals surface area (Å²) in [6.45, 7) is 5.01. The van der Waals surface area contributed by atoms with Crippen LogP contribution in [0.2, 0.25) is 0 Å². The summed E-state index contributed by atoms with van der Waals surface area (Å²) < 4.78 is 12.7. The molecule has 0 N–H and O–H groups in total. The summed E-state index contributed by atoms with van der Waals surface area (Å²) in [5.74, 6) is -0.126. The molecule has 2 rings (SSSR count). The van der Waals surface area contributed by atoms with Crippen LogP contribution in [-0.4, -0.2) is 13.6 Å². The molecule has 0 saturated heterocycles. The molecule has 0 radical (unpaired) electrons. The van der Waals surface area contributed by atoms with Crippen LogP contribution in [0.4, 0.5) is 10.1 Å². The maximum absolute atomic E-state index is 12.7. The van der Waals surface area contributed by atoms with Gasteiger partial charge in [-0.3, -0.25) is 0 Å². The molecule has 1 aliphatic heterocycles. The summed E-state index contributed by atoms with van der Waals surface area (Å²) in [4.78, 5) is 2.15. The summed E-state index contributed by atoms with van der Waals surface area (Å²) in [5.41, 5.74) is 2.30. The van der Waals surface area contributed by atoms with Crippen molar-refractivity contribution in [1.29, 1.82) is 0 Å². The van der Waals surface area contributed by atoms with Gasteiger partial charge < -0.3 is 4.90 Å². The predicted octanol–water partition coefficient (Wildman–Crippen LogP) is 2.84. The first-order valence-electron chi connectivity index (χ1n) is 4.77. The number of benzene rings is 1. The molecule has 0 aliphatic carbocycles. The molecule has 0 bridgehead atoms. The maximum atomic E-state index is 12.7. The van der Waals surface area contributed by atoms with Gasteiger partial charge in [-0.1, -0.05) is 13.8 Å². The van der Waals surface area contributed by atoms with E-state index in [1.165, 1.54) is 11.8 Å². The molecule has 1 heterocycles. The van der Waals surface area contributed by atoms with Gasteiger partial charge in [0, 0.05) is 19.3 Å². The summed E-state index contributed by atoms with van der Waals surface area (Å²) in [6.07, 6.45) is 0.976. The molecule has 1 nitrogen and oxygen atoms in total. The zero-order valence-corrected chi connectivity index (χ0v) is 8.47. The van der Waals surface area contributed by atoms with E-state index in [1.54, 1.807) is 6.07 Å². The minimum atomic E-state index is -0.126. The summed E-state index contributed by atoms with van der Waals surface area (Å²) in [5, 5.41) is 0. The van der Waals surface area contributed by atoms with E-state index in [0.717, 1.165) is 18.5 Å². The lowest BCUT2D eigenvalue weighted by Crippen LogP contribution is -2.12. The molecule has 1 aromatic rings. The van der Waals surface area contributed by atoms with Crippen molar-refractivity contribution in [2.24, 2.45) is 0 Å². The predicted molar refractivity (Wildman–Crippen MR) is 54.7 cm³/mol. The fraction of sp³-hybridized carbons (Fsp3) is 0.455. The fourth-order valence-corrected chi connectivity index (χ4v) is 1.54. The van der Waals surface area contributed by atoms with Crippen LogP contribution in [0.1, 0.15) is 19.4 Å². The highest BCUT2D eigenvalue weighted by Gasteiger charge is 2.14. The lowest BCUT2D eigenvalue weighted by atomic mass is 10.2. The molecule has 1 aliphatic rings. The minimum absolute atomic E-state index is 0.126. The quantitative estimate of drug-likeness (QED) is 0.595. The Morgan fingerprint density at radius 1 is 1.31 bits per heavy atom. The molecule has 0 amide bonds. The van der Waals surface area contributed by atoms with Crippen LogP contribution in [0.15, 0.2) is 18.2 Å². The monoisotopic (exact) mass is 181 g/mol. The van der Waals surface area contributed by atoms with Gasteiger partial charge in [0.15, 0.2) is 0 Å². The van der Waals surface area contributed by atoms with Crippen LogP contribution < -0.4 is 4.90 Å². The topological polar surface area (TPSA) is 3.24 Å². The Morgan fingerprint density at radius 2 is 2.00 bits per heavy atom. The van der Waals surface area contributed by atoms with Crippen molar-refractivity contribution < 1.29 is 4.39 Å². The van der Waals surface area contributed by atoms with Gasteiger partial charge in [-0.15, -0.1) is 0 Å². The second-order valence-corrected chi connectivity index (χ2v) is 2.94. The zero-order chi connectivity index (χ0) is 9.84. The number of hydrogen-bond donors (Lipinski definition) is 0. The summed E-state index contributed by atoms with van der Waals surface area (Å²) >= 11 is 0. The van der Waals surface area contributed by atoms with Crippen molar-refractivity contribution in [2.75, 3.05) is 18.5 Å². The van der Waals surface area contributed by atoms with Gasteiger partial charge in [0.1, 0.15) is 5.82 Å². The van der Waals surface area contributed by atoms with E-state index < -0.39 is 0 Å². The fourth-order valence-electron chi connectivity index (χ4n) is 1.54. The van der Waals surface area contributed by atoms with E-state index in [1.807, 2.05) is 27.0 Å². The maximum Gasteiger partial charge on any atom is 0.123 e.